The van der Waals surface area contributed by atoms with Crippen molar-refractivity contribution in [1.29, 1.82) is 0 Å². The maximum absolute atomic E-state index is 12.9. The van der Waals surface area contributed by atoms with Crippen LogP contribution in [0.2, 0.25) is 5.02 Å². The largest absolute Gasteiger partial charge is 0.474 e. The lowest BCUT2D eigenvalue weighted by molar-refractivity contribution is -0.142. The number of fused-ring (bicyclic) bond motifs is 1. The summed E-state index contributed by atoms with van der Waals surface area (Å²) in [5.41, 5.74) is 1.62. The van der Waals surface area contributed by atoms with Crippen LogP contribution in [0.3, 0.4) is 0 Å². The fourth-order valence-corrected chi connectivity index (χ4v) is 2.53. The molecule has 0 amide bonds. The molecule has 0 spiro atoms. The first-order valence-electron chi connectivity index (χ1n) is 7.52. The molecular weight excluding hydrogens is 344 g/mol. The van der Waals surface area contributed by atoms with E-state index in [9.17, 15) is 9.59 Å². The van der Waals surface area contributed by atoms with E-state index >= 15 is 0 Å². The standard InChI is InChI=1S/C19H15ClO5/c1-11-3-8-15-14(9-11)17(22)19(24-10-16(21)23-2)18(25-15)12-4-6-13(20)7-5-12/h3-9H,10H2,1-2H3. The molecule has 0 saturated heterocycles. The van der Waals surface area contributed by atoms with Crippen molar-refractivity contribution in [2.24, 2.45) is 0 Å². The van der Waals surface area contributed by atoms with Crippen molar-refractivity contribution in [2.75, 3.05) is 13.7 Å². The van der Waals surface area contributed by atoms with E-state index in [-0.39, 0.29) is 23.5 Å². The number of hydrogen-bond donors (Lipinski definition) is 0. The number of halogens is 1. The van der Waals surface area contributed by atoms with Crippen molar-refractivity contribution in [1.82, 2.24) is 0 Å². The van der Waals surface area contributed by atoms with E-state index in [1.54, 1.807) is 36.4 Å². The van der Waals surface area contributed by atoms with Gasteiger partial charge in [-0.25, -0.2) is 4.79 Å². The lowest BCUT2D eigenvalue weighted by Crippen LogP contribution is -2.17. The van der Waals surface area contributed by atoms with Crippen LogP contribution in [0.15, 0.2) is 51.7 Å². The number of aryl methyl sites for hydroxylation is 1. The summed E-state index contributed by atoms with van der Waals surface area (Å²) < 4.78 is 15.9. The highest BCUT2D eigenvalue weighted by Gasteiger charge is 2.19. The average molecular weight is 359 g/mol. The quantitative estimate of drug-likeness (QED) is 0.660. The fraction of sp³-hybridized carbons (Fsp3) is 0.158. The van der Waals surface area contributed by atoms with Crippen LogP contribution in [-0.4, -0.2) is 19.7 Å². The Morgan fingerprint density at radius 1 is 1.16 bits per heavy atom. The van der Waals surface area contributed by atoms with Crippen LogP contribution >= 0.6 is 11.6 Å². The predicted octanol–water partition coefficient (Wildman–Crippen LogP) is 3.97. The Morgan fingerprint density at radius 2 is 1.88 bits per heavy atom. The van der Waals surface area contributed by atoms with Gasteiger partial charge in [-0.15, -0.1) is 0 Å². The second-order valence-electron chi connectivity index (χ2n) is 5.46. The third kappa shape index (κ3) is 3.51. The van der Waals surface area contributed by atoms with Gasteiger partial charge in [-0.1, -0.05) is 23.2 Å². The summed E-state index contributed by atoms with van der Waals surface area (Å²) >= 11 is 5.92. The molecule has 1 heterocycles. The summed E-state index contributed by atoms with van der Waals surface area (Å²) in [6.45, 7) is 1.49. The number of carbonyl (C=O) groups is 1. The molecule has 2 aromatic carbocycles. The summed E-state index contributed by atoms with van der Waals surface area (Å²) in [6, 6.07) is 12.1. The van der Waals surface area contributed by atoms with Gasteiger partial charge in [-0.05, 0) is 43.3 Å². The SMILES string of the molecule is COC(=O)COc1c(-c2ccc(Cl)cc2)oc2ccc(C)cc2c1=O. The van der Waals surface area contributed by atoms with E-state index in [0.29, 0.717) is 21.6 Å². The van der Waals surface area contributed by atoms with Crippen molar-refractivity contribution < 1.29 is 18.7 Å². The third-order valence-electron chi connectivity index (χ3n) is 3.67. The first-order chi connectivity index (χ1) is 12.0. The zero-order chi connectivity index (χ0) is 18.0. The lowest BCUT2D eigenvalue weighted by atomic mass is 10.1. The first-order valence-corrected chi connectivity index (χ1v) is 7.90. The minimum Gasteiger partial charge on any atom is -0.474 e. The van der Waals surface area contributed by atoms with Gasteiger partial charge >= 0.3 is 5.97 Å². The normalized spacial score (nSPS) is 10.7. The van der Waals surface area contributed by atoms with E-state index < -0.39 is 5.97 Å². The number of benzene rings is 2. The molecule has 0 unspecified atom stereocenters. The topological polar surface area (TPSA) is 65.7 Å². The van der Waals surface area contributed by atoms with E-state index in [0.717, 1.165) is 5.56 Å². The van der Waals surface area contributed by atoms with Crippen LogP contribution in [0.25, 0.3) is 22.3 Å². The van der Waals surface area contributed by atoms with Gasteiger partial charge in [0.2, 0.25) is 11.2 Å². The maximum atomic E-state index is 12.9. The molecule has 0 N–H and O–H groups in total. The summed E-state index contributed by atoms with van der Waals surface area (Å²) in [5, 5.41) is 0.942. The van der Waals surface area contributed by atoms with Crippen molar-refractivity contribution in [3.05, 3.63) is 63.3 Å². The number of methoxy groups -OCH3 is 1. The van der Waals surface area contributed by atoms with Crippen LogP contribution in [0, 0.1) is 6.92 Å². The summed E-state index contributed by atoms with van der Waals surface area (Å²) in [4.78, 5) is 24.3. The van der Waals surface area contributed by atoms with Crippen LogP contribution in [0.5, 0.6) is 5.75 Å². The summed E-state index contributed by atoms with van der Waals surface area (Å²) in [6.07, 6.45) is 0. The van der Waals surface area contributed by atoms with Crippen LogP contribution < -0.4 is 10.2 Å². The van der Waals surface area contributed by atoms with Crippen molar-refractivity contribution in [3.8, 4) is 17.1 Å². The Bertz CT molecular complexity index is 989. The molecule has 0 aliphatic heterocycles. The second-order valence-corrected chi connectivity index (χ2v) is 5.90. The molecule has 0 bridgehead atoms. The summed E-state index contributed by atoms with van der Waals surface area (Å²) in [5.74, 6) is -0.390. The Morgan fingerprint density at radius 3 is 2.56 bits per heavy atom. The van der Waals surface area contributed by atoms with E-state index in [1.165, 1.54) is 7.11 Å². The Labute approximate surface area is 148 Å². The molecule has 25 heavy (non-hydrogen) atoms. The zero-order valence-electron chi connectivity index (χ0n) is 13.7. The highest BCUT2D eigenvalue weighted by molar-refractivity contribution is 6.30. The summed E-state index contributed by atoms with van der Waals surface area (Å²) in [7, 11) is 1.25. The number of esters is 1. The van der Waals surface area contributed by atoms with Gasteiger partial charge in [0.1, 0.15) is 5.58 Å². The molecular formula is C19H15ClO5. The molecule has 0 saturated carbocycles. The van der Waals surface area contributed by atoms with Crippen molar-refractivity contribution >= 4 is 28.5 Å². The molecule has 0 aliphatic carbocycles. The Kier molecular flexibility index (Phi) is 4.76. The number of hydrogen-bond acceptors (Lipinski definition) is 5. The van der Waals surface area contributed by atoms with E-state index in [2.05, 4.69) is 4.74 Å². The number of carbonyl (C=O) groups excluding carboxylic acids is 1. The van der Waals surface area contributed by atoms with Crippen molar-refractivity contribution in [3.63, 3.8) is 0 Å². The minimum atomic E-state index is -0.592. The minimum absolute atomic E-state index is 0.0363. The monoisotopic (exact) mass is 358 g/mol. The maximum Gasteiger partial charge on any atom is 0.343 e. The lowest BCUT2D eigenvalue weighted by Gasteiger charge is -2.11. The molecule has 6 heteroatoms. The van der Waals surface area contributed by atoms with Gasteiger partial charge in [0, 0.05) is 10.6 Å². The molecule has 0 fully saturated rings. The third-order valence-corrected chi connectivity index (χ3v) is 3.92. The molecule has 0 radical (unpaired) electrons. The molecule has 3 aromatic rings. The van der Waals surface area contributed by atoms with Gasteiger partial charge in [-0.3, -0.25) is 4.79 Å². The Hall–Kier alpha value is -2.79. The molecule has 3 rings (SSSR count). The van der Waals surface area contributed by atoms with Crippen molar-refractivity contribution in [2.45, 2.75) is 6.92 Å². The average Bonchev–Trinajstić information content (AvgIpc) is 2.61. The Balaban J connectivity index is 2.21. The van der Waals surface area contributed by atoms with Gasteiger partial charge in [0.25, 0.3) is 0 Å². The predicted molar refractivity (Wildman–Crippen MR) is 95.2 cm³/mol. The van der Waals surface area contributed by atoms with Crippen LogP contribution in [0.1, 0.15) is 5.56 Å². The van der Waals surface area contributed by atoms with Gasteiger partial charge in [0.05, 0.1) is 12.5 Å². The zero-order valence-corrected chi connectivity index (χ0v) is 14.4. The van der Waals surface area contributed by atoms with Crippen LogP contribution in [0.4, 0.5) is 0 Å². The van der Waals surface area contributed by atoms with E-state index in [1.807, 2.05) is 13.0 Å². The molecule has 0 atom stereocenters. The molecule has 0 aliphatic rings. The molecule has 1 aromatic heterocycles. The fourth-order valence-electron chi connectivity index (χ4n) is 2.40. The van der Waals surface area contributed by atoms with Gasteiger partial charge in [0.15, 0.2) is 12.4 Å². The highest BCUT2D eigenvalue weighted by atomic mass is 35.5. The van der Waals surface area contributed by atoms with E-state index in [4.69, 9.17) is 20.8 Å². The smallest absolute Gasteiger partial charge is 0.343 e. The number of ether oxygens (including phenoxy) is 2. The van der Waals surface area contributed by atoms with Gasteiger partial charge in [-0.2, -0.15) is 0 Å². The van der Waals surface area contributed by atoms with Crippen LogP contribution in [-0.2, 0) is 9.53 Å². The molecule has 5 nitrogen and oxygen atoms in total. The first kappa shape index (κ1) is 17.0. The second kappa shape index (κ2) is 6.99. The number of rotatable bonds is 4. The van der Waals surface area contributed by atoms with Gasteiger partial charge < -0.3 is 13.9 Å². The highest BCUT2D eigenvalue weighted by Crippen LogP contribution is 2.31. The molecule has 128 valence electrons.